The Balaban J connectivity index is 1.81. The van der Waals surface area contributed by atoms with Crippen LogP contribution in [0.25, 0.3) is 0 Å². The number of nitrogens with zero attached hydrogens (tertiary/aromatic N) is 1. The van der Waals surface area contributed by atoms with Gasteiger partial charge in [0.05, 0.1) is 23.5 Å². The van der Waals surface area contributed by atoms with Crippen molar-refractivity contribution < 1.29 is 22.8 Å². The summed E-state index contributed by atoms with van der Waals surface area (Å²) in [5.41, 5.74) is 0.426. The summed E-state index contributed by atoms with van der Waals surface area (Å²) in [5.74, 6) is -0.557. The summed E-state index contributed by atoms with van der Waals surface area (Å²) in [6.07, 6.45) is -4.39. The lowest BCUT2D eigenvalue weighted by molar-refractivity contribution is -0.138. The largest absolute Gasteiger partial charge is 0.417 e. The molecule has 2 aromatic carbocycles. The predicted octanol–water partition coefficient (Wildman–Crippen LogP) is 4.64. The van der Waals surface area contributed by atoms with Gasteiger partial charge < -0.3 is 15.5 Å². The van der Waals surface area contributed by atoms with Gasteiger partial charge in [-0.25, -0.2) is 0 Å². The monoisotopic (exact) mass is 455 g/mol. The Kier molecular flexibility index (Phi) is 5.64. The fourth-order valence-electron chi connectivity index (χ4n) is 3.08. The third kappa shape index (κ3) is 4.30. The minimum Gasteiger partial charge on any atom is -0.376 e. The molecular weight excluding hydrogens is 439 g/mol. The van der Waals surface area contributed by atoms with E-state index in [0.29, 0.717) is 11.4 Å². The first-order valence-electron chi connectivity index (χ1n) is 8.48. The molecule has 1 atom stereocenters. The molecule has 2 aromatic rings. The van der Waals surface area contributed by atoms with Crippen molar-refractivity contribution in [2.24, 2.45) is 0 Å². The number of hydrogen-bond acceptors (Lipinski definition) is 3. The van der Waals surface area contributed by atoms with Gasteiger partial charge in [-0.3, -0.25) is 9.59 Å². The molecule has 3 rings (SSSR count). The minimum absolute atomic E-state index is 0.0727. The van der Waals surface area contributed by atoms with Crippen molar-refractivity contribution in [1.82, 2.24) is 0 Å². The molecule has 0 bridgehead atoms. The molecule has 0 spiro atoms. The average Bonchev–Trinajstić information content (AvgIpc) is 2.74. The molecule has 2 amide bonds. The fourth-order valence-corrected chi connectivity index (χ4v) is 3.55. The van der Waals surface area contributed by atoms with E-state index < -0.39 is 17.8 Å². The van der Waals surface area contributed by atoms with E-state index >= 15 is 0 Å². The molecule has 1 aliphatic rings. The Hall–Kier alpha value is -2.55. The molecule has 1 heterocycles. The number of nitrogens with one attached hydrogen (secondary N) is 2. The number of hydrogen-bond donors (Lipinski definition) is 2. The molecule has 0 aliphatic carbocycles. The Morgan fingerprint density at radius 1 is 1.29 bits per heavy atom. The Bertz CT molecular complexity index is 918. The van der Waals surface area contributed by atoms with Crippen LogP contribution in [0.4, 0.5) is 30.2 Å². The highest BCUT2D eigenvalue weighted by Gasteiger charge is 2.33. The summed E-state index contributed by atoms with van der Waals surface area (Å²) in [5, 5.41) is 5.51. The highest BCUT2D eigenvalue weighted by molar-refractivity contribution is 9.10. The molecule has 0 saturated heterocycles. The van der Waals surface area contributed by atoms with Crippen LogP contribution in [0.1, 0.15) is 18.9 Å². The summed E-state index contributed by atoms with van der Waals surface area (Å²) in [6, 6.07) is 10.2. The molecule has 0 saturated carbocycles. The maximum Gasteiger partial charge on any atom is 0.417 e. The molecule has 1 unspecified atom stereocenters. The molecular formula is C19H17BrF3N3O2. The number of amides is 2. The van der Waals surface area contributed by atoms with Crippen LogP contribution in [0.15, 0.2) is 46.9 Å². The number of carbonyl (C=O) groups excluding carboxylic acids is 2. The second-order valence-electron chi connectivity index (χ2n) is 6.43. The van der Waals surface area contributed by atoms with Gasteiger partial charge in [0, 0.05) is 22.6 Å². The van der Waals surface area contributed by atoms with Crippen LogP contribution in [-0.2, 0) is 15.8 Å². The lowest BCUT2D eigenvalue weighted by Crippen LogP contribution is -2.42. The second-order valence-corrected chi connectivity index (χ2v) is 7.28. The van der Waals surface area contributed by atoms with Crippen molar-refractivity contribution in [2.75, 3.05) is 22.1 Å². The topological polar surface area (TPSA) is 61.4 Å². The highest BCUT2D eigenvalue weighted by Crippen LogP contribution is 2.36. The van der Waals surface area contributed by atoms with Crippen LogP contribution in [0, 0.1) is 0 Å². The van der Waals surface area contributed by atoms with Gasteiger partial charge in [-0.1, -0.05) is 28.1 Å². The van der Waals surface area contributed by atoms with Crippen molar-refractivity contribution in [2.45, 2.75) is 25.6 Å². The van der Waals surface area contributed by atoms with E-state index in [1.807, 2.05) is 0 Å². The SMILES string of the molecule is CC1CC(=O)Nc2ccccc2N1C(=O)CNc1ccc(Br)c(C(F)(F)F)c1. The van der Waals surface area contributed by atoms with Gasteiger partial charge in [-0.05, 0) is 37.3 Å². The minimum atomic E-state index is -4.51. The fraction of sp³-hybridized carbons (Fsp3) is 0.263. The summed E-state index contributed by atoms with van der Waals surface area (Å²) in [6.45, 7) is 1.53. The van der Waals surface area contributed by atoms with Gasteiger partial charge in [0.25, 0.3) is 0 Å². The van der Waals surface area contributed by atoms with Gasteiger partial charge in [-0.15, -0.1) is 0 Å². The number of benzene rings is 2. The molecule has 148 valence electrons. The van der Waals surface area contributed by atoms with Crippen LogP contribution in [0.5, 0.6) is 0 Å². The molecule has 0 fully saturated rings. The molecule has 1 aliphatic heterocycles. The first-order chi connectivity index (χ1) is 13.2. The number of rotatable bonds is 3. The van der Waals surface area contributed by atoms with Crippen molar-refractivity contribution in [1.29, 1.82) is 0 Å². The van der Waals surface area contributed by atoms with Gasteiger partial charge in [-0.2, -0.15) is 13.2 Å². The molecule has 0 radical (unpaired) electrons. The Morgan fingerprint density at radius 3 is 2.71 bits per heavy atom. The third-order valence-corrected chi connectivity index (χ3v) is 5.03. The summed E-state index contributed by atoms with van der Waals surface area (Å²) in [4.78, 5) is 26.3. The quantitative estimate of drug-likeness (QED) is 0.708. The molecule has 0 aromatic heterocycles. The predicted molar refractivity (Wildman–Crippen MR) is 104 cm³/mol. The number of halogens is 4. The van der Waals surface area contributed by atoms with Crippen molar-refractivity contribution in [3.63, 3.8) is 0 Å². The van der Waals surface area contributed by atoms with Crippen LogP contribution in [-0.4, -0.2) is 24.4 Å². The second kappa shape index (κ2) is 7.83. The van der Waals surface area contributed by atoms with Gasteiger partial charge in [0.15, 0.2) is 0 Å². The summed E-state index contributed by atoms with van der Waals surface area (Å²) in [7, 11) is 0. The third-order valence-electron chi connectivity index (χ3n) is 4.34. The summed E-state index contributed by atoms with van der Waals surface area (Å²) < 4.78 is 39.1. The Labute approximate surface area is 168 Å². The average molecular weight is 456 g/mol. The van der Waals surface area contributed by atoms with E-state index in [2.05, 4.69) is 26.6 Å². The van der Waals surface area contributed by atoms with E-state index in [9.17, 15) is 22.8 Å². The number of carbonyl (C=O) groups is 2. The smallest absolute Gasteiger partial charge is 0.376 e. The lowest BCUT2D eigenvalue weighted by Gasteiger charge is -2.28. The number of anilines is 3. The van der Waals surface area contributed by atoms with E-state index in [-0.39, 0.29) is 34.9 Å². The highest BCUT2D eigenvalue weighted by atomic mass is 79.9. The maximum atomic E-state index is 13.0. The molecule has 2 N–H and O–H groups in total. The maximum absolute atomic E-state index is 13.0. The summed E-state index contributed by atoms with van der Waals surface area (Å²) >= 11 is 2.89. The molecule has 5 nitrogen and oxygen atoms in total. The first kappa shape index (κ1) is 20.2. The van der Waals surface area contributed by atoms with E-state index in [4.69, 9.17) is 0 Å². The zero-order valence-electron chi connectivity index (χ0n) is 14.8. The van der Waals surface area contributed by atoms with Crippen LogP contribution in [0.3, 0.4) is 0 Å². The van der Waals surface area contributed by atoms with E-state index in [1.54, 1.807) is 31.2 Å². The van der Waals surface area contributed by atoms with Crippen LogP contribution >= 0.6 is 15.9 Å². The molecule has 28 heavy (non-hydrogen) atoms. The van der Waals surface area contributed by atoms with E-state index in [0.717, 1.165) is 6.07 Å². The van der Waals surface area contributed by atoms with Crippen LogP contribution < -0.4 is 15.5 Å². The van der Waals surface area contributed by atoms with Gasteiger partial charge >= 0.3 is 6.18 Å². The Morgan fingerprint density at radius 2 is 2.00 bits per heavy atom. The number of fused-ring (bicyclic) bond motifs is 1. The van der Waals surface area contributed by atoms with Crippen molar-refractivity contribution >= 4 is 44.8 Å². The number of para-hydroxylation sites is 2. The zero-order chi connectivity index (χ0) is 20.5. The number of alkyl halides is 3. The van der Waals surface area contributed by atoms with Crippen molar-refractivity contribution in [3.05, 3.63) is 52.5 Å². The van der Waals surface area contributed by atoms with E-state index in [1.165, 1.54) is 17.0 Å². The van der Waals surface area contributed by atoms with Crippen molar-refractivity contribution in [3.8, 4) is 0 Å². The zero-order valence-corrected chi connectivity index (χ0v) is 16.4. The van der Waals surface area contributed by atoms with Crippen LogP contribution in [0.2, 0.25) is 0 Å². The lowest BCUT2D eigenvalue weighted by atomic mass is 10.1. The van der Waals surface area contributed by atoms with Gasteiger partial charge in [0.1, 0.15) is 0 Å². The standard InChI is InChI=1S/C19H17BrF3N3O2/c1-11-8-17(27)25-15-4-2-3-5-16(15)26(11)18(28)10-24-12-6-7-14(20)13(9-12)19(21,22)23/h2-7,9,11,24H,8,10H2,1H3,(H,25,27). The molecule has 9 heteroatoms. The normalized spacial score (nSPS) is 16.8. The van der Waals surface area contributed by atoms with Gasteiger partial charge in [0.2, 0.25) is 11.8 Å². The first-order valence-corrected chi connectivity index (χ1v) is 9.27.